The summed E-state index contributed by atoms with van der Waals surface area (Å²) in [6.45, 7) is 17.0. The smallest absolute Gasteiger partial charge is 0.0434 e. The van der Waals surface area contributed by atoms with Crippen molar-refractivity contribution in [2.75, 3.05) is 6.61 Å². The van der Waals surface area contributed by atoms with E-state index >= 15 is 0 Å². The van der Waals surface area contributed by atoms with Crippen LogP contribution in [0.2, 0.25) is 0 Å². The lowest BCUT2D eigenvalue weighted by molar-refractivity contribution is 0.288. The number of hydrogen-bond donors (Lipinski definition) is 1. The molecule has 5 atom stereocenters. The van der Waals surface area contributed by atoms with Crippen LogP contribution >= 0.6 is 0 Å². The second-order valence-electron chi connectivity index (χ2n) is 17.3. The fraction of sp³-hybridized carbons (Fsp3) is 0.288. The zero-order valence-electron chi connectivity index (χ0n) is 36.2. The zero-order valence-corrected chi connectivity index (χ0v) is 36.2. The van der Waals surface area contributed by atoms with E-state index in [2.05, 4.69) is 224 Å². The first-order valence-corrected chi connectivity index (χ1v) is 21.8. The van der Waals surface area contributed by atoms with Gasteiger partial charge in [0.1, 0.15) is 0 Å². The van der Waals surface area contributed by atoms with E-state index in [4.69, 9.17) is 0 Å². The summed E-state index contributed by atoms with van der Waals surface area (Å²) in [6.07, 6.45) is 1.55. The third kappa shape index (κ3) is 9.28. The second-order valence-corrected chi connectivity index (χ2v) is 17.3. The van der Waals surface area contributed by atoms with Gasteiger partial charge in [-0.05, 0) is 85.2 Å². The van der Waals surface area contributed by atoms with Crippen LogP contribution in [0.1, 0.15) is 164 Å². The van der Waals surface area contributed by atoms with Crippen LogP contribution in [0.5, 0.6) is 0 Å². The molecule has 0 aromatic heterocycles. The molecule has 0 aliphatic heterocycles. The maximum absolute atomic E-state index is 10.2. The summed E-state index contributed by atoms with van der Waals surface area (Å²) < 4.78 is 0. The Labute approximate surface area is 362 Å². The summed E-state index contributed by atoms with van der Waals surface area (Å²) in [5, 5.41) is 10.2. The van der Waals surface area contributed by atoms with Crippen molar-refractivity contribution in [3.8, 4) is 0 Å². The summed E-state index contributed by atoms with van der Waals surface area (Å²) in [5.74, 6) is 0.872. The average molecular weight is 791 g/mol. The van der Waals surface area contributed by atoms with Gasteiger partial charge in [0.15, 0.2) is 0 Å². The highest BCUT2D eigenvalue weighted by molar-refractivity contribution is 5.59. The molecule has 7 aromatic rings. The SMILES string of the molecule is C.CC(c1ccccc1)c1cc(C(C)c2ccccc2)c(C(C)(C)c2cc(C(C)c3ccccc3)c(CCCO)c(C(C)c3ccccc3)c2)c(C(C)c2ccccc2)c1. The van der Waals surface area contributed by atoms with Gasteiger partial charge in [0, 0.05) is 41.6 Å². The molecule has 60 heavy (non-hydrogen) atoms. The standard InChI is InChI=1S/C58H62O.CH4/c1-40(45-24-13-8-14-25-45)50-36-55(43(4)48-30-19-11-20-31-48)57(56(37-50)44(5)49-32-21-12-22-33-49)58(6,7)51-38-53(41(2)46-26-15-9-16-27-46)52(34-23-35-59)54(39-51)42(3)47-28-17-10-18-29-47;/h8-22,24-33,36-44,59H,23,34-35H2,1-7H3;1H4. The molecule has 1 heteroatoms. The molecule has 0 saturated carbocycles. The van der Waals surface area contributed by atoms with Crippen LogP contribution in [0.4, 0.5) is 0 Å². The molecule has 7 rings (SSSR count). The van der Waals surface area contributed by atoms with Gasteiger partial charge in [-0.1, -0.05) is 232 Å². The zero-order chi connectivity index (χ0) is 41.5. The number of aliphatic hydroxyl groups excluding tert-OH is 1. The maximum Gasteiger partial charge on any atom is 0.0434 e. The molecule has 0 aliphatic carbocycles. The van der Waals surface area contributed by atoms with E-state index in [0.29, 0.717) is 0 Å². The van der Waals surface area contributed by atoms with Gasteiger partial charge in [-0.2, -0.15) is 0 Å². The third-order valence-corrected chi connectivity index (χ3v) is 13.3. The summed E-state index contributed by atoms with van der Waals surface area (Å²) in [7, 11) is 0. The second kappa shape index (κ2) is 19.7. The van der Waals surface area contributed by atoms with Crippen molar-refractivity contribution in [2.45, 2.75) is 104 Å². The van der Waals surface area contributed by atoms with Gasteiger partial charge < -0.3 is 5.11 Å². The molecular formula is C59H66O. The van der Waals surface area contributed by atoms with E-state index in [9.17, 15) is 5.11 Å². The van der Waals surface area contributed by atoms with Crippen molar-refractivity contribution in [1.29, 1.82) is 0 Å². The van der Waals surface area contributed by atoms with Gasteiger partial charge in [0.05, 0.1) is 0 Å². The minimum absolute atomic E-state index is 0. The molecule has 1 N–H and O–H groups in total. The Morgan fingerprint density at radius 2 is 0.700 bits per heavy atom. The maximum atomic E-state index is 10.2. The fourth-order valence-corrected chi connectivity index (χ4v) is 9.53. The summed E-state index contributed by atoms with van der Waals surface area (Å²) in [6, 6.07) is 65.2. The van der Waals surface area contributed by atoms with E-state index in [1.165, 1.54) is 72.3 Å². The molecule has 0 heterocycles. The number of rotatable bonds is 15. The Morgan fingerprint density at radius 3 is 1.02 bits per heavy atom. The largest absolute Gasteiger partial charge is 0.396 e. The van der Waals surface area contributed by atoms with Crippen LogP contribution in [0, 0.1) is 0 Å². The molecular weight excluding hydrogens is 725 g/mol. The minimum atomic E-state index is -0.392. The molecule has 0 amide bonds. The van der Waals surface area contributed by atoms with Crippen LogP contribution in [0.25, 0.3) is 0 Å². The van der Waals surface area contributed by atoms with Crippen LogP contribution in [-0.2, 0) is 11.8 Å². The topological polar surface area (TPSA) is 20.2 Å². The van der Waals surface area contributed by atoms with Gasteiger partial charge in [-0.3, -0.25) is 0 Å². The first-order chi connectivity index (χ1) is 28.6. The summed E-state index contributed by atoms with van der Waals surface area (Å²) in [5.41, 5.74) is 17.1. The Morgan fingerprint density at radius 1 is 0.400 bits per heavy atom. The van der Waals surface area contributed by atoms with Gasteiger partial charge in [0.2, 0.25) is 0 Å². The van der Waals surface area contributed by atoms with Gasteiger partial charge in [-0.25, -0.2) is 0 Å². The van der Waals surface area contributed by atoms with Gasteiger partial charge in [0.25, 0.3) is 0 Å². The lowest BCUT2D eigenvalue weighted by Gasteiger charge is -2.37. The van der Waals surface area contributed by atoms with Crippen LogP contribution in [0.15, 0.2) is 176 Å². The van der Waals surface area contributed by atoms with Crippen molar-refractivity contribution in [3.63, 3.8) is 0 Å². The van der Waals surface area contributed by atoms with Crippen LogP contribution in [0.3, 0.4) is 0 Å². The van der Waals surface area contributed by atoms with Gasteiger partial charge >= 0.3 is 0 Å². The Bertz CT molecular complexity index is 2260. The van der Waals surface area contributed by atoms with Crippen molar-refractivity contribution in [1.82, 2.24) is 0 Å². The quantitative estimate of drug-likeness (QED) is 0.110. The predicted molar refractivity (Wildman–Crippen MR) is 257 cm³/mol. The number of aliphatic hydroxyl groups is 1. The Hall–Kier alpha value is -5.50. The first-order valence-electron chi connectivity index (χ1n) is 21.8. The van der Waals surface area contributed by atoms with E-state index < -0.39 is 5.41 Å². The predicted octanol–water partition coefficient (Wildman–Crippen LogP) is 15.3. The van der Waals surface area contributed by atoms with Crippen molar-refractivity contribution in [2.24, 2.45) is 0 Å². The molecule has 0 bridgehead atoms. The minimum Gasteiger partial charge on any atom is -0.396 e. The highest BCUT2D eigenvalue weighted by Crippen LogP contribution is 2.48. The number of benzene rings is 7. The Kier molecular flexibility index (Phi) is 14.5. The van der Waals surface area contributed by atoms with E-state index in [-0.39, 0.29) is 43.6 Å². The monoisotopic (exact) mass is 791 g/mol. The number of hydrogen-bond acceptors (Lipinski definition) is 1. The normalized spacial score (nSPS) is 14.1. The summed E-state index contributed by atoms with van der Waals surface area (Å²) in [4.78, 5) is 0. The Balaban J connectivity index is 0.00000604. The first kappa shape index (κ1) is 44.1. The molecule has 0 fully saturated rings. The van der Waals surface area contributed by atoms with Crippen molar-refractivity contribution < 1.29 is 5.11 Å². The van der Waals surface area contributed by atoms with E-state index in [1.54, 1.807) is 0 Å². The van der Waals surface area contributed by atoms with Crippen molar-refractivity contribution in [3.05, 3.63) is 248 Å². The third-order valence-electron chi connectivity index (χ3n) is 13.3. The molecule has 7 aromatic carbocycles. The fourth-order valence-electron chi connectivity index (χ4n) is 9.53. The highest BCUT2D eigenvalue weighted by atomic mass is 16.2. The van der Waals surface area contributed by atoms with E-state index in [1.807, 2.05) is 0 Å². The molecule has 0 spiro atoms. The highest BCUT2D eigenvalue weighted by Gasteiger charge is 2.35. The molecule has 5 unspecified atom stereocenters. The molecule has 1 nitrogen and oxygen atoms in total. The lowest BCUT2D eigenvalue weighted by atomic mass is 9.66. The van der Waals surface area contributed by atoms with Crippen LogP contribution < -0.4 is 0 Å². The van der Waals surface area contributed by atoms with Gasteiger partial charge in [-0.15, -0.1) is 0 Å². The average Bonchev–Trinajstić information content (AvgIpc) is 3.30. The van der Waals surface area contributed by atoms with E-state index in [0.717, 1.165) is 12.8 Å². The molecule has 0 radical (unpaired) electrons. The van der Waals surface area contributed by atoms with Crippen LogP contribution in [-0.4, -0.2) is 11.7 Å². The molecule has 308 valence electrons. The van der Waals surface area contributed by atoms with Crippen molar-refractivity contribution >= 4 is 0 Å². The molecule has 0 aliphatic rings. The molecule has 0 saturated heterocycles. The summed E-state index contributed by atoms with van der Waals surface area (Å²) >= 11 is 0. The lowest BCUT2D eigenvalue weighted by Crippen LogP contribution is -2.27.